The second-order valence-corrected chi connectivity index (χ2v) is 6.19. The molecule has 2 aromatic carbocycles. The van der Waals surface area contributed by atoms with E-state index in [-0.39, 0.29) is 36.5 Å². The van der Waals surface area contributed by atoms with Gasteiger partial charge in [0.1, 0.15) is 5.82 Å². The number of carbonyl (C=O) groups excluding carboxylic acids is 2. The number of Topliss-reactive ketones (excluding diaryl/α,β-unsaturated/α-hetero) is 1. The first-order chi connectivity index (χ1) is 13.1. The Kier molecular flexibility index (Phi) is 4.30. The van der Waals surface area contributed by atoms with Gasteiger partial charge in [0, 0.05) is 5.56 Å². The first-order valence-electron chi connectivity index (χ1n) is 8.50. The van der Waals surface area contributed by atoms with Crippen molar-refractivity contribution in [3.05, 3.63) is 72.3 Å². The van der Waals surface area contributed by atoms with Crippen LogP contribution in [-0.2, 0) is 4.79 Å². The molecule has 1 aliphatic heterocycles. The highest BCUT2D eigenvalue weighted by Crippen LogP contribution is 2.31. The lowest BCUT2D eigenvalue weighted by Gasteiger charge is -2.27. The predicted octanol–water partition coefficient (Wildman–Crippen LogP) is 2.94. The summed E-state index contributed by atoms with van der Waals surface area (Å²) >= 11 is 0. The normalized spacial score (nSPS) is 13.0. The number of benzene rings is 2. The number of fused-ring (bicyclic) bond motifs is 1. The van der Waals surface area contributed by atoms with E-state index in [9.17, 15) is 9.59 Å². The minimum absolute atomic E-state index is 0.115. The lowest BCUT2D eigenvalue weighted by atomic mass is 10.0. The molecule has 0 radical (unpaired) electrons. The van der Waals surface area contributed by atoms with Crippen molar-refractivity contribution in [3.8, 4) is 16.9 Å². The van der Waals surface area contributed by atoms with Gasteiger partial charge in [-0.1, -0.05) is 54.6 Å². The summed E-state index contributed by atoms with van der Waals surface area (Å²) in [6.07, 6.45) is 0. The SMILES string of the molecule is Nc1ccc2c(n1)N(CC(=O)c1ccc(-c3ccccc3)cc1)C(=O)CO2. The van der Waals surface area contributed by atoms with E-state index >= 15 is 0 Å². The van der Waals surface area contributed by atoms with Gasteiger partial charge < -0.3 is 10.5 Å². The number of nitrogens with two attached hydrogens (primary N) is 1. The number of pyridine rings is 1. The smallest absolute Gasteiger partial charge is 0.266 e. The summed E-state index contributed by atoms with van der Waals surface area (Å²) in [4.78, 5) is 30.4. The Bertz CT molecular complexity index is 1000. The number of rotatable bonds is 4. The van der Waals surface area contributed by atoms with Crippen LogP contribution < -0.4 is 15.4 Å². The Labute approximate surface area is 156 Å². The number of ether oxygens (including phenoxy) is 1. The highest BCUT2D eigenvalue weighted by Gasteiger charge is 2.29. The van der Waals surface area contributed by atoms with Crippen molar-refractivity contribution in [1.29, 1.82) is 0 Å². The fourth-order valence-corrected chi connectivity index (χ4v) is 2.97. The van der Waals surface area contributed by atoms with Crippen LogP contribution in [0.15, 0.2) is 66.7 Å². The second kappa shape index (κ2) is 6.92. The van der Waals surface area contributed by atoms with Crippen molar-refractivity contribution in [2.45, 2.75) is 0 Å². The zero-order chi connectivity index (χ0) is 18.8. The molecule has 134 valence electrons. The van der Waals surface area contributed by atoms with Gasteiger partial charge in [0.05, 0.1) is 6.54 Å². The van der Waals surface area contributed by atoms with E-state index in [2.05, 4.69) is 4.98 Å². The summed E-state index contributed by atoms with van der Waals surface area (Å²) in [6, 6.07) is 20.5. The van der Waals surface area contributed by atoms with Crippen molar-refractivity contribution in [1.82, 2.24) is 4.98 Å². The van der Waals surface area contributed by atoms with E-state index in [0.717, 1.165) is 11.1 Å². The molecule has 27 heavy (non-hydrogen) atoms. The van der Waals surface area contributed by atoms with Crippen LogP contribution in [0.3, 0.4) is 0 Å². The molecule has 0 fully saturated rings. The van der Waals surface area contributed by atoms with Gasteiger partial charge in [-0.3, -0.25) is 14.5 Å². The molecular weight excluding hydrogens is 342 g/mol. The molecule has 0 aliphatic carbocycles. The maximum atomic E-state index is 12.7. The number of nitrogen functional groups attached to an aromatic ring is 1. The Balaban J connectivity index is 1.56. The van der Waals surface area contributed by atoms with Crippen LogP contribution in [-0.4, -0.2) is 29.8 Å². The van der Waals surface area contributed by atoms with Gasteiger partial charge in [0.2, 0.25) is 0 Å². The van der Waals surface area contributed by atoms with E-state index in [1.807, 2.05) is 42.5 Å². The first-order valence-corrected chi connectivity index (χ1v) is 8.50. The van der Waals surface area contributed by atoms with E-state index in [4.69, 9.17) is 10.5 Å². The van der Waals surface area contributed by atoms with Crippen LogP contribution in [0.4, 0.5) is 11.6 Å². The van der Waals surface area contributed by atoms with Gasteiger partial charge in [0.25, 0.3) is 5.91 Å². The van der Waals surface area contributed by atoms with Gasteiger partial charge in [-0.05, 0) is 23.3 Å². The minimum Gasteiger partial charge on any atom is -0.480 e. The summed E-state index contributed by atoms with van der Waals surface area (Å²) < 4.78 is 5.35. The van der Waals surface area contributed by atoms with Gasteiger partial charge in [-0.25, -0.2) is 4.98 Å². The van der Waals surface area contributed by atoms with Crippen LogP contribution in [0.5, 0.6) is 5.75 Å². The van der Waals surface area contributed by atoms with Crippen molar-refractivity contribution >= 4 is 23.3 Å². The summed E-state index contributed by atoms with van der Waals surface area (Å²) in [5, 5.41) is 0. The molecular formula is C21H17N3O3. The van der Waals surface area contributed by atoms with Crippen molar-refractivity contribution in [2.75, 3.05) is 23.8 Å². The molecule has 2 N–H and O–H groups in total. The molecule has 3 aromatic rings. The monoisotopic (exact) mass is 359 g/mol. The largest absolute Gasteiger partial charge is 0.480 e. The fourth-order valence-electron chi connectivity index (χ4n) is 2.97. The first kappa shape index (κ1) is 16.8. The Morgan fingerprint density at radius 2 is 1.70 bits per heavy atom. The molecule has 0 saturated heterocycles. The average Bonchev–Trinajstić information content (AvgIpc) is 2.71. The number of ketones is 1. The Morgan fingerprint density at radius 1 is 1.00 bits per heavy atom. The number of nitrogens with zero attached hydrogens (tertiary/aromatic N) is 2. The Morgan fingerprint density at radius 3 is 2.44 bits per heavy atom. The number of carbonyl (C=O) groups is 2. The van der Waals surface area contributed by atoms with Gasteiger partial charge in [-0.2, -0.15) is 0 Å². The zero-order valence-electron chi connectivity index (χ0n) is 14.5. The zero-order valence-corrected chi connectivity index (χ0v) is 14.5. The van der Waals surface area contributed by atoms with E-state index in [1.165, 1.54) is 4.90 Å². The summed E-state index contributed by atoms with van der Waals surface area (Å²) in [7, 11) is 0. The molecule has 1 aromatic heterocycles. The predicted molar refractivity (Wildman–Crippen MR) is 103 cm³/mol. The maximum absolute atomic E-state index is 12.7. The standard InChI is InChI=1S/C21H17N3O3/c22-19-11-10-18-21(23-19)24(20(26)13-27-18)12-17(25)16-8-6-15(7-9-16)14-4-2-1-3-5-14/h1-11H,12-13H2,(H2,22,23). The molecule has 1 amide bonds. The van der Waals surface area contributed by atoms with Crippen molar-refractivity contribution in [2.24, 2.45) is 0 Å². The quantitative estimate of drug-likeness (QED) is 0.724. The van der Waals surface area contributed by atoms with E-state index < -0.39 is 0 Å². The van der Waals surface area contributed by atoms with Gasteiger partial charge >= 0.3 is 0 Å². The molecule has 1 aliphatic rings. The molecule has 6 nitrogen and oxygen atoms in total. The highest BCUT2D eigenvalue weighted by molar-refractivity contribution is 6.07. The second-order valence-electron chi connectivity index (χ2n) is 6.19. The molecule has 0 spiro atoms. The number of amides is 1. The molecule has 6 heteroatoms. The van der Waals surface area contributed by atoms with E-state index in [0.29, 0.717) is 11.3 Å². The van der Waals surface area contributed by atoms with Crippen LogP contribution in [0.1, 0.15) is 10.4 Å². The van der Waals surface area contributed by atoms with Crippen LogP contribution in [0.25, 0.3) is 11.1 Å². The topological polar surface area (TPSA) is 85.5 Å². The fraction of sp³-hybridized carbons (Fsp3) is 0.0952. The number of hydrogen-bond acceptors (Lipinski definition) is 5. The molecule has 0 unspecified atom stereocenters. The van der Waals surface area contributed by atoms with Crippen molar-refractivity contribution in [3.63, 3.8) is 0 Å². The summed E-state index contributed by atoms with van der Waals surface area (Å²) in [6.45, 7) is -0.241. The molecule has 0 atom stereocenters. The molecule has 4 rings (SSSR count). The Hall–Kier alpha value is -3.67. The van der Waals surface area contributed by atoms with E-state index in [1.54, 1.807) is 24.3 Å². The average molecular weight is 359 g/mol. The van der Waals surface area contributed by atoms with Gasteiger partial charge in [0.15, 0.2) is 24.0 Å². The summed E-state index contributed by atoms with van der Waals surface area (Å²) in [5.74, 6) is 0.475. The number of hydrogen-bond donors (Lipinski definition) is 1. The van der Waals surface area contributed by atoms with Gasteiger partial charge in [-0.15, -0.1) is 0 Å². The van der Waals surface area contributed by atoms with Crippen LogP contribution in [0.2, 0.25) is 0 Å². The third-order valence-corrected chi connectivity index (χ3v) is 4.38. The third kappa shape index (κ3) is 3.37. The molecule has 0 saturated carbocycles. The maximum Gasteiger partial charge on any atom is 0.266 e. The highest BCUT2D eigenvalue weighted by atomic mass is 16.5. The summed E-state index contributed by atoms with van der Waals surface area (Å²) in [5.41, 5.74) is 8.34. The molecule has 2 heterocycles. The number of anilines is 2. The number of aromatic nitrogens is 1. The lowest BCUT2D eigenvalue weighted by Crippen LogP contribution is -2.42. The van der Waals surface area contributed by atoms with Crippen molar-refractivity contribution < 1.29 is 14.3 Å². The lowest BCUT2D eigenvalue weighted by molar-refractivity contribution is -0.121. The van der Waals surface area contributed by atoms with Crippen LogP contribution >= 0.6 is 0 Å². The minimum atomic E-state index is -0.324. The molecule has 0 bridgehead atoms. The van der Waals surface area contributed by atoms with Crippen LogP contribution in [0, 0.1) is 0 Å². The third-order valence-electron chi connectivity index (χ3n) is 4.38.